The highest BCUT2D eigenvalue weighted by atomic mass is 32.2. The van der Waals surface area contributed by atoms with Crippen LogP contribution in [0.5, 0.6) is 0 Å². The molecule has 0 aliphatic carbocycles. The van der Waals surface area contributed by atoms with Gasteiger partial charge in [0, 0.05) is 12.5 Å². The molecule has 1 aliphatic heterocycles. The minimum atomic E-state index is -3.48. The molecule has 170 valence electrons. The van der Waals surface area contributed by atoms with Crippen molar-refractivity contribution in [3.63, 3.8) is 0 Å². The molecule has 7 heteroatoms. The van der Waals surface area contributed by atoms with E-state index in [1.54, 1.807) is 4.31 Å². The van der Waals surface area contributed by atoms with E-state index in [1.165, 1.54) is 6.26 Å². The molecule has 2 aromatic rings. The second-order valence-electron chi connectivity index (χ2n) is 10.2. The summed E-state index contributed by atoms with van der Waals surface area (Å²) in [6.45, 7) is 11.9. The summed E-state index contributed by atoms with van der Waals surface area (Å²) >= 11 is 0. The van der Waals surface area contributed by atoms with Crippen LogP contribution < -0.4 is 0 Å². The van der Waals surface area contributed by atoms with Crippen LogP contribution in [0.4, 0.5) is 0 Å². The van der Waals surface area contributed by atoms with Crippen LogP contribution >= 0.6 is 9.24 Å². The Labute approximate surface area is 191 Å². The summed E-state index contributed by atoms with van der Waals surface area (Å²) in [7, 11) is -2.69. The van der Waals surface area contributed by atoms with Crippen molar-refractivity contribution in [1.82, 2.24) is 4.31 Å². The van der Waals surface area contributed by atoms with Crippen LogP contribution in [0.15, 0.2) is 60.7 Å². The minimum Gasteiger partial charge on any atom is -0.415 e. The molecule has 1 saturated heterocycles. The highest BCUT2D eigenvalue weighted by Crippen LogP contribution is 2.53. The van der Waals surface area contributed by atoms with E-state index in [2.05, 4.69) is 55.2 Å². The normalized spacial score (nSPS) is 25.6. The highest BCUT2D eigenvalue weighted by molar-refractivity contribution is 7.88. The molecule has 0 aromatic heterocycles. The largest absolute Gasteiger partial charge is 0.415 e. The Morgan fingerprint density at radius 2 is 1.58 bits per heavy atom. The molecule has 0 radical (unpaired) electrons. The molecule has 2 aromatic carbocycles. The third-order valence-electron chi connectivity index (χ3n) is 7.06. The maximum Gasteiger partial charge on any atom is 0.212 e. The Balaban J connectivity index is 2.25. The molecule has 4 unspecified atom stereocenters. The molecule has 0 N–H and O–H groups in total. The monoisotopic (exact) mass is 477 g/mol. The molecular weight excluding hydrogens is 441 g/mol. The predicted octanol–water partition coefficient (Wildman–Crippen LogP) is 5.21. The van der Waals surface area contributed by atoms with Crippen molar-refractivity contribution >= 4 is 27.6 Å². The molecule has 3 rings (SSSR count). The van der Waals surface area contributed by atoms with Gasteiger partial charge in [0.1, 0.15) is 0 Å². The number of hydrogen-bond acceptors (Lipinski definition) is 3. The van der Waals surface area contributed by atoms with Crippen molar-refractivity contribution in [3.8, 4) is 0 Å². The first-order valence-electron chi connectivity index (χ1n) is 10.8. The molecular formula is C24H36NO3PSSi. The minimum absolute atomic E-state index is 0.0298. The van der Waals surface area contributed by atoms with Gasteiger partial charge in [-0.2, -0.15) is 4.31 Å². The van der Waals surface area contributed by atoms with Crippen molar-refractivity contribution in [3.05, 3.63) is 71.8 Å². The van der Waals surface area contributed by atoms with Crippen LogP contribution in [-0.4, -0.2) is 46.1 Å². The Bertz CT molecular complexity index is 992. The fourth-order valence-corrected chi connectivity index (χ4v) is 7.61. The van der Waals surface area contributed by atoms with Gasteiger partial charge in [0.15, 0.2) is 8.32 Å². The Morgan fingerprint density at radius 3 is 2.06 bits per heavy atom. The lowest BCUT2D eigenvalue weighted by atomic mass is 9.76. The average Bonchev–Trinajstić information content (AvgIpc) is 3.00. The topological polar surface area (TPSA) is 46.6 Å². The lowest BCUT2D eigenvalue weighted by molar-refractivity contribution is 0.112. The van der Waals surface area contributed by atoms with Crippen molar-refractivity contribution < 1.29 is 12.8 Å². The van der Waals surface area contributed by atoms with Crippen molar-refractivity contribution in [2.75, 3.05) is 19.4 Å². The molecule has 0 saturated carbocycles. The van der Waals surface area contributed by atoms with E-state index in [4.69, 9.17) is 4.43 Å². The van der Waals surface area contributed by atoms with Gasteiger partial charge < -0.3 is 4.43 Å². The van der Waals surface area contributed by atoms with Gasteiger partial charge in [0.2, 0.25) is 10.0 Å². The zero-order valence-electron chi connectivity index (χ0n) is 19.5. The van der Waals surface area contributed by atoms with Crippen LogP contribution in [0.1, 0.15) is 37.8 Å². The van der Waals surface area contributed by atoms with Crippen molar-refractivity contribution in [2.45, 2.75) is 56.0 Å². The third-order valence-corrected chi connectivity index (χ3v) is 13.4. The van der Waals surface area contributed by atoms with Gasteiger partial charge >= 0.3 is 0 Å². The van der Waals surface area contributed by atoms with Crippen molar-refractivity contribution in [2.24, 2.45) is 0 Å². The number of nitrogens with zero attached hydrogens (tertiary/aromatic N) is 1. The van der Waals surface area contributed by atoms with E-state index in [0.29, 0.717) is 13.2 Å². The van der Waals surface area contributed by atoms with Gasteiger partial charge in [-0.3, -0.25) is 0 Å². The van der Waals surface area contributed by atoms with Gasteiger partial charge in [-0.1, -0.05) is 81.4 Å². The Morgan fingerprint density at radius 1 is 1.06 bits per heavy atom. The zero-order valence-corrected chi connectivity index (χ0v) is 22.5. The van der Waals surface area contributed by atoms with Gasteiger partial charge in [-0.05, 0) is 34.9 Å². The summed E-state index contributed by atoms with van der Waals surface area (Å²) in [5, 5.41) is 0.0298. The summed E-state index contributed by atoms with van der Waals surface area (Å²) in [6.07, 6.45) is 1.32. The van der Waals surface area contributed by atoms with E-state index < -0.39 is 23.9 Å². The molecule has 1 heterocycles. The molecule has 1 aliphatic rings. The summed E-state index contributed by atoms with van der Waals surface area (Å²) < 4.78 is 34.8. The maximum absolute atomic E-state index is 13.1. The Hall–Kier alpha value is -1.04. The quantitative estimate of drug-likeness (QED) is 0.424. The Kier molecular flexibility index (Phi) is 6.92. The molecule has 1 fully saturated rings. The standard InChI is InChI=1S/C24H36NO3PSSi/c1-23(2,3)31(5,6)28-18-24(20-15-11-8-12-16-20)22(19-13-9-7-10-14-19)21(29)17-25(24)30(4,26)27/h7-16,21-22H,17-18,29H2,1-6H3. The van der Waals surface area contributed by atoms with Crippen LogP contribution in [-0.2, 0) is 20.0 Å². The predicted molar refractivity (Wildman–Crippen MR) is 135 cm³/mol. The summed E-state index contributed by atoms with van der Waals surface area (Å²) in [5.74, 6) is -0.0411. The molecule has 0 bridgehead atoms. The van der Waals surface area contributed by atoms with E-state index in [0.717, 1.165) is 11.1 Å². The van der Waals surface area contributed by atoms with E-state index >= 15 is 0 Å². The zero-order chi connectivity index (χ0) is 23.1. The lowest BCUT2D eigenvalue weighted by Gasteiger charge is -2.46. The SMILES string of the molecule is CC(C)(C)[Si](C)(C)OCC1(c2ccccc2)C(c2ccccc2)C(P)CN1S(C)(=O)=O. The van der Waals surface area contributed by atoms with Crippen LogP contribution in [0.25, 0.3) is 0 Å². The lowest BCUT2D eigenvalue weighted by Crippen LogP contribution is -2.53. The highest BCUT2D eigenvalue weighted by Gasteiger charge is 2.58. The smallest absolute Gasteiger partial charge is 0.212 e. The second kappa shape index (κ2) is 8.72. The molecule has 4 nitrogen and oxygen atoms in total. The van der Waals surface area contributed by atoms with Crippen LogP contribution in [0.2, 0.25) is 18.1 Å². The van der Waals surface area contributed by atoms with Crippen molar-refractivity contribution in [1.29, 1.82) is 0 Å². The van der Waals surface area contributed by atoms with E-state index in [1.807, 2.05) is 48.5 Å². The summed E-state index contributed by atoms with van der Waals surface area (Å²) in [6, 6.07) is 20.3. The molecule has 31 heavy (non-hydrogen) atoms. The average molecular weight is 478 g/mol. The van der Waals surface area contributed by atoms with E-state index in [-0.39, 0.29) is 16.6 Å². The first-order valence-corrected chi connectivity index (χ1v) is 16.2. The van der Waals surface area contributed by atoms with Crippen LogP contribution in [0, 0.1) is 0 Å². The molecule has 0 amide bonds. The van der Waals surface area contributed by atoms with Gasteiger partial charge in [-0.15, -0.1) is 9.24 Å². The third kappa shape index (κ3) is 4.69. The second-order valence-corrected chi connectivity index (χ2v) is 17.8. The first kappa shape index (κ1) is 24.6. The molecule has 4 atom stereocenters. The molecule has 0 spiro atoms. The number of rotatable bonds is 6. The fraction of sp³-hybridized carbons (Fsp3) is 0.500. The fourth-order valence-electron chi connectivity index (χ4n) is 4.39. The van der Waals surface area contributed by atoms with E-state index in [9.17, 15) is 8.42 Å². The number of sulfonamides is 1. The number of benzene rings is 2. The van der Waals surface area contributed by atoms with Crippen LogP contribution in [0.3, 0.4) is 0 Å². The number of hydrogen-bond donors (Lipinski definition) is 0. The summed E-state index contributed by atoms with van der Waals surface area (Å²) in [5.41, 5.74) is 1.38. The maximum atomic E-state index is 13.1. The summed E-state index contributed by atoms with van der Waals surface area (Å²) in [4.78, 5) is 0. The van der Waals surface area contributed by atoms with Gasteiger partial charge in [0.05, 0.1) is 18.4 Å². The first-order chi connectivity index (χ1) is 14.3. The van der Waals surface area contributed by atoms with Gasteiger partial charge in [-0.25, -0.2) is 8.42 Å². The van der Waals surface area contributed by atoms with Gasteiger partial charge in [0.25, 0.3) is 0 Å².